The van der Waals surface area contributed by atoms with E-state index in [2.05, 4.69) is 14.8 Å². The van der Waals surface area contributed by atoms with Crippen molar-refractivity contribution in [1.29, 1.82) is 0 Å². The number of esters is 1. The Morgan fingerprint density at radius 3 is 2.67 bits per heavy atom. The van der Waals surface area contributed by atoms with Gasteiger partial charge in [-0.3, -0.25) is 4.79 Å². The lowest BCUT2D eigenvalue weighted by molar-refractivity contribution is 0.0520. The molecule has 0 spiro atoms. The Hall–Kier alpha value is -2.41. The van der Waals surface area contributed by atoms with Crippen LogP contribution in [0.4, 0.5) is 10.1 Å². The number of hydrogen-bond acceptors (Lipinski definition) is 5. The summed E-state index contributed by atoms with van der Waals surface area (Å²) in [5, 5.41) is -0.0283. The number of hydrogen-bond donors (Lipinski definition) is 1. The number of nitrogens with one attached hydrogen (secondary N) is 1. The number of carbonyl (C=O) groups is 1. The van der Waals surface area contributed by atoms with E-state index in [0.29, 0.717) is 5.52 Å². The average molecular weight is 333 g/mol. The predicted octanol–water partition coefficient (Wildman–Crippen LogP) is 1.60. The molecule has 0 atom stereocenters. The lowest BCUT2D eigenvalue weighted by Crippen LogP contribution is -2.44. The van der Waals surface area contributed by atoms with E-state index in [1.54, 1.807) is 13.0 Å². The van der Waals surface area contributed by atoms with Gasteiger partial charge >= 0.3 is 5.97 Å². The van der Waals surface area contributed by atoms with Crippen LogP contribution in [0.3, 0.4) is 0 Å². The van der Waals surface area contributed by atoms with E-state index < -0.39 is 17.2 Å². The van der Waals surface area contributed by atoms with Crippen LogP contribution in [0.1, 0.15) is 17.4 Å². The number of aromatic amines is 1. The molecule has 1 aromatic heterocycles. The molecule has 1 N–H and O–H groups in total. The molecule has 2 heterocycles. The van der Waals surface area contributed by atoms with Crippen molar-refractivity contribution < 1.29 is 13.9 Å². The Balaban J connectivity index is 2.14. The Morgan fingerprint density at radius 1 is 1.29 bits per heavy atom. The highest BCUT2D eigenvalue weighted by Gasteiger charge is 2.20. The number of aromatic nitrogens is 1. The first-order valence-electron chi connectivity index (χ1n) is 7.97. The summed E-state index contributed by atoms with van der Waals surface area (Å²) in [6.45, 7) is 5.17. The molecule has 7 heteroatoms. The third-order valence-corrected chi connectivity index (χ3v) is 4.25. The van der Waals surface area contributed by atoms with Gasteiger partial charge in [-0.15, -0.1) is 0 Å². The van der Waals surface area contributed by atoms with Crippen LogP contribution in [0.2, 0.25) is 0 Å². The second-order valence-electron chi connectivity index (χ2n) is 5.87. The summed E-state index contributed by atoms with van der Waals surface area (Å²) in [6, 6.07) is 4.04. The number of H-pyrrole nitrogens is 1. The lowest BCUT2D eigenvalue weighted by atomic mass is 10.1. The van der Waals surface area contributed by atoms with Crippen LogP contribution in [-0.4, -0.2) is 55.7 Å². The minimum Gasteiger partial charge on any atom is -0.461 e. The van der Waals surface area contributed by atoms with Crippen molar-refractivity contribution in [3.05, 3.63) is 39.9 Å². The maximum Gasteiger partial charge on any atom is 0.354 e. The first-order valence-corrected chi connectivity index (χ1v) is 7.97. The third-order valence-electron chi connectivity index (χ3n) is 4.25. The molecule has 0 aliphatic carbocycles. The van der Waals surface area contributed by atoms with Crippen LogP contribution in [0.25, 0.3) is 10.9 Å². The second-order valence-corrected chi connectivity index (χ2v) is 5.87. The van der Waals surface area contributed by atoms with Gasteiger partial charge in [-0.1, -0.05) is 0 Å². The largest absolute Gasteiger partial charge is 0.461 e. The predicted molar refractivity (Wildman–Crippen MR) is 90.2 cm³/mol. The summed E-state index contributed by atoms with van der Waals surface area (Å²) in [5.74, 6) is -1.22. The van der Waals surface area contributed by atoms with Crippen molar-refractivity contribution in [3.63, 3.8) is 0 Å². The number of nitrogens with zero attached hydrogens (tertiary/aromatic N) is 2. The van der Waals surface area contributed by atoms with Gasteiger partial charge in [0, 0.05) is 32.2 Å². The van der Waals surface area contributed by atoms with Crippen LogP contribution >= 0.6 is 0 Å². The van der Waals surface area contributed by atoms with Crippen molar-refractivity contribution in [2.24, 2.45) is 0 Å². The first kappa shape index (κ1) is 16.4. The second kappa shape index (κ2) is 6.60. The maximum absolute atomic E-state index is 14.2. The van der Waals surface area contributed by atoms with Gasteiger partial charge in [-0.05, 0) is 26.1 Å². The van der Waals surface area contributed by atoms with Crippen LogP contribution in [0, 0.1) is 5.82 Å². The maximum atomic E-state index is 14.2. The van der Waals surface area contributed by atoms with Crippen LogP contribution in [0.15, 0.2) is 23.0 Å². The van der Waals surface area contributed by atoms with Crippen molar-refractivity contribution in [3.8, 4) is 0 Å². The van der Waals surface area contributed by atoms with Gasteiger partial charge in [0.15, 0.2) is 5.43 Å². The molecule has 0 unspecified atom stereocenters. The first-order chi connectivity index (χ1) is 11.5. The standard InChI is InChI=1S/C17H20FN3O3/c1-3-24-17(23)12-10-14(22)15-11(18)4-5-13(16(15)19-12)21-8-6-20(2)7-9-21/h4-5,10H,3,6-9H2,1-2H3,(H,19,22). The molecule has 6 nitrogen and oxygen atoms in total. The highest BCUT2D eigenvalue weighted by molar-refractivity contribution is 5.96. The van der Waals surface area contributed by atoms with Gasteiger partial charge in [-0.25, -0.2) is 9.18 Å². The van der Waals surface area contributed by atoms with E-state index in [1.165, 1.54) is 6.07 Å². The zero-order valence-electron chi connectivity index (χ0n) is 13.8. The van der Waals surface area contributed by atoms with Crippen LogP contribution in [0.5, 0.6) is 0 Å². The number of halogens is 1. The summed E-state index contributed by atoms with van der Waals surface area (Å²) in [5.41, 5.74) is 0.577. The van der Waals surface area contributed by atoms with Crippen molar-refractivity contribution >= 4 is 22.6 Å². The van der Waals surface area contributed by atoms with E-state index >= 15 is 0 Å². The summed E-state index contributed by atoms with van der Waals surface area (Å²) in [6.07, 6.45) is 0. The fourth-order valence-corrected chi connectivity index (χ4v) is 2.94. The van der Waals surface area contributed by atoms with E-state index in [4.69, 9.17) is 4.74 Å². The molecule has 1 saturated heterocycles. The van der Waals surface area contributed by atoms with Crippen molar-refractivity contribution in [2.75, 3.05) is 44.7 Å². The molecule has 128 valence electrons. The summed E-state index contributed by atoms with van der Waals surface area (Å²) in [4.78, 5) is 31.5. The number of fused-ring (bicyclic) bond motifs is 1. The van der Waals surface area contributed by atoms with Gasteiger partial charge in [-0.2, -0.15) is 0 Å². The lowest BCUT2D eigenvalue weighted by Gasteiger charge is -2.34. The van der Waals surface area contributed by atoms with Crippen molar-refractivity contribution in [2.45, 2.75) is 6.92 Å². The Kier molecular flexibility index (Phi) is 4.53. The molecule has 2 aromatic rings. The quantitative estimate of drug-likeness (QED) is 0.864. The Bertz CT molecular complexity index is 826. The molecule has 3 rings (SSSR count). The average Bonchev–Trinajstić information content (AvgIpc) is 2.56. The number of ether oxygens (including phenoxy) is 1. The molecule has 1 aliphatic heterocycles. The monoisotopic (exact) mass is 333 g/mol. The number of piperazine rings is 1. The van der Waals surface area contributed by atoms with E-state index in [9.17, 15) is 14.0 Å². The van der Waals surface area contributed by atoms with E-state index in [0.717, 1.165) is 37.9 Å². The van der Waals surface area contributed by atoms with Gasteiger partial charge in [0.1, 0.15) is 11.5 Å². The van der Waals surface area contributed by atoms with Crippen molar-refractivity contribution in [1.82, 2.24) is 9.88 Å². The number of pyridine rings is 1. The number of benzene rings is 1. The molecule has 0 bridgehead atoms. The topological polar surface area (TPSA) is 65.6 Å². The molecule has 1 fully saturated rings. The van der Waals surface area contributed by atoms with Gasteiger partial charge < -0.3 is 19.5 Å². The Labute approximate surface area is 138 Å². The molecular formula is C17H20FN3O3. The number of anilines is 1. The molecule has 0 radical (unpaired) electrons. The molecule has 0 saturated carbocycles. The molecule has 1 aliphatic rings. The van der Waals surface area contributed by atoms with Crippen LogP contribution < -0.4 is 10.3 Å². The smallest absolute Gasteiger partial charge is 0.354 e. The normalized spacial score (nSPS) is 15.7. The fraction of sp³-hybridized carbons (Fsp3) is 0.412. The summed E-state index contributed by atoms with van der Waals surface area (Å²) in [7, 11) is 2.04. The van der Waals surface area contributed by atoms with Gasteiger partial charge in [0.25, 0.3) is 0 Å². The minimum absolute atomic E-state index is 0.0283. The van der Waals surface area contributed by atoms with Gasteiger partial charge in [0.2, 0.25) is 0 Å². The summed E-state index contributed by atoms with van der Waals surface area (Å²) >= 11 is 0. The van der Waals surface area contributed by atoms with E-state index in [1.807, 2.05) is 7.05 Å². The number of rotatable bonds is 3. The molecule has 0 amide bonds. The molecular weight excluding hydrogens is 313 g/mol. The minimum atomic E-state index is -0.620. The van der Waals surface area contributed by atoms with Gasteiger partial charge in [0.05, 0.1) is 23.2 Å². The highest BCUT2D eigenvalue weighted by atomic mass is 19.1. The highest BCUT2D eigenvalue weighted by Crippen LogP contribution is 2.26. The molecule has 24 heavy (non-hydrogen) atoms. The third kappa shape index (κ3) is 2.99. The number of carbonyl (C=O) groups excluding carboxylic acids is 1. The van der Waals surface area contributed by atoms with Crippen LogP contribution in [-0.2, 0) is 4.74 Å². The number of likely N-dealkylation sites (N-methyl/N-ethyl adjacent to an activating group) is 1. The SMILES string of the molecule is CCOC(=O)c1cc(=O)c2c(F)ccc(N3CCN(C)CC3)c2[nH]1. The zero-order valence-corrected chi connectivity index (χ0v) is 13.8. The molecule has 1 aromatic carbocycles. The Morgan fingerprint density at radius 2 is 2.00 bits per heavy atom. The zero-order chi connectivity index (χ0) is 17.3. The fourth-order valence-electron chi connectivity index (χ4n) is 2.94. The van der Waals surface area contributed by atoms with E-state index in [-0.39, 0.29) is 17.7 Å². The summed E-state index contributed by atoms with van der Waals surface area (Å²) < 4.78 is 19.1.